The number of carbonyl (C=O) groups is 2. The number of nitrogens with one attached hydrogen (secondary N) is 1. The van der Waals surface area contributed by atoms with Crippen LogP contribution in [0.2, 0.25) is 0 Å². The molecule has 1 atom stereocenters. The third kappa shape index (κ3) is 2.09. The number of hydrogen-bond donors (Lipinski definition) is 3. The first-order valence-electron chi connectivity index (χ1n) is 4.14. The molecule has 1 fully saturated rings. The first-order valence-corrected chi connectivity index (χ1v) is 4.14. The van der Waals surface area contributed by atoms with Gasteiger partial charge in [-0.1, -0.05) is 0 Å². The quantitative estimate of drug-likeness (QED) is 0.491. The Morgan fingerprint density at radius 2 is 2.31 bits per heavy atom. The molecule has 13 heavy (non-hydrogen) atoms. The van der Waals surface area contributed by atoms with Crippen molar-refractivity contribution in [2.45, 2.75) is 18.9 Å². The van der Waals surface area contributed by atoms with Gasteiger partial charge in [-0.05, 0) is 12.8 Å². The van der Waals surface area contributed by atoms with Crippen LogP contribution in [0.15, 0.2) is 0 Å². The molecule has 1 heterocycles. The third-order valence-corrected chi connectivity index (χ3v) is 2.08. The summed E-state index contributed by atoms with van der Waals surface area (Å²) in [6.07, 6.45) is 0.266. The average molecular weight is 187 g/mol. The van der Waals surface area contributed by atoms with E-state index in [0.29, 0.717) is 13.0 Å². The Balaban J connectivity index is 2.57. The molecule has 1 rings (SSSR count). The highest BCUT2D eigenvalue weighted by atomic mass is 16.4. The van der Waals surface area contributed by atoms with Crippen LogP contribution in [0.4, 0.5) is 4.79 Å². The first kappa shape index (κ1) is 9.79. The van der Waals surface area contributed by atoms with Crippen molar-refractivity contribution < 1.29 is 14.7 Å². The maximum atomic E-state index is 11.3. The van der Waals surface area contributed by atoms with Crippen molar-refractivity contribution in [1.29, 1.82) is 0 Å². The van der Waals surface area contributed by atoms with Crippen molar-refractivity contribution in [1.82, 2.24) is 10.2 Å². The van der Waals surface area contributed by atoms with Gasteiger partial charge in [-0.25, -0.2) is 4.79 Å². The molecule has 1 aliphatic heterocycles. The van der Waals surface area contributed by atoms with Gasteiger partial charge in [0, 0.05) is 6.54 Å². The Morgan fingerprint density at radius 1 is 1.62 bits per heavy atom. The number of carboxylic acid groups (broad SMARTS) is 1. The highest BCUT2D eigenvalue weighted by Crippen LogP contribution is 2.16. The van der Waals surface area contributed by atoms with E-state index in [9.17, 15) is 9.59 Å². The molecule has 1 aliphatic rings. The van der Waals surface area contributed by atoms with Crippen molar-refractivity contribution in [3.63, 3.8) is 0 Å². The topological polar surface area (TPSA) is 95.7 Å². The fourth-order valence-corrected chi connectivity index (χ4v) is 1.49. The molecule has 4 N–H and O–H groups in total. The molecule has 0 aromatic rings. The molecule has 0 aliphatic carbocycles. The van der Waals surface area contributed by atoms with E-state index < -0.39 is 12.1 Å². The zero-order valence-corrected chi connectivity index (χ0v) is 7.19. The van der Waals surface area contributed by atoms with Crippen LogP contribution in [-0.4, -0.2) is 41.3 Å². The van der Waals surface area contributed by atoms with E-state index in [1.807, 2.05) is 0 Å². The molecule has 74 valence electrons. The number of amides is 2. The minimum atomic E-state index is -1.05. The standard InChI is InChI=1S/C7H13N3O3/c8-4-9-6(11)5-2-1-3-10(5)7(12)13/h5H,1-4,8H2,(H,9,11)(H,12,13)/t5-/m0/s1. The summed E-state index contributed by atoms with van der Waals surface area (Å²) in [4.78, 5) is 23.0. The molecule has 0 aromatic carbocycles. The van der Waals surface area contributed by atoms with Gasteiger partial charge >= 0.3 is 6.09 Å². The monoisotopic (exact) mass is 187 g/mol. The number of carbonyl (C=O) groups excluding carboxylic acids is 1. The summed E-state index contributed by atoms with van der Waals surface area (Å²) in [5, 5.41) is 11.1. The molecule has 6 nitrogen and oxygen atoms in total. The molecular weight excluding hydrogens is 174 g/mol. The summed E-state index contributed by atoms with van der Waals surface area (Å²) >= 11 is 0. The number of rotatable bonds is 2. The largest absolute Gasteiger partial charge is 0.465 e. The lowest BCUT2D eigenvalue weighted by atomic mass is 10.2. The number of likely N-dealkylation sites (tertiary alicyclic amines) is 1. The van der Waals surface area contributed by atoms with E-state index in [4.69, 9.17) is 10.8 Å². The van der Waals surface area contributed by atoms with E-state index in [1.54, 1.807) is 0 Å². The van der Waals surface area contributed by atoms with Crippen molar-refractivity contribution >= 4 is 12.0 Å². The number of nitrogens with two attached hydrogens (primary N) is 1. The molecule has 0 radical (unpaired) electrons. The summed E-state index contributed by atoms with van der Waals surface area (Å²) in [6, 6.07) is -0.555. The summed E-state index contributed by atoms with van der Waals surface area (Å²) < 4.78 is 0. The van der Waals surface area contributed by atoms with E-state index in [-0.39, 0.29) is 12.6 Å². The van der Waals surface area contributed by atoms with Crippen molar-refractivity contribution in [2.75, 3.05) is 13.2 Å². The SMILES string of the molecule is NCNC(=O)[C@@H]1CCCN1C(=O)O. The molecule has 6 heteroatoms. The molecule has 0 saturated carbocycles. The van der Waals surface area contributed by atoms with Gasteiger partial charge in [0.25, 0.3) is 0 Å². The van der Waals surface area contributed by atoms with Crippen molar-refractivity contribution in [2.24, 2.45) is 5.73 Å². The minimum Gasteiger partial charge on any atom is -0.465 e. The summed E-state index contributed by atoms with van der Waals surface area (Å²) in [5.74, 6) is -0.303. The highest BCUT2D eigenvalue weighted by Gasteiger charge is 2.33. The molecule has 0 unspecified atom stereocenters. The highest BCUT2D eigenvalue weighted by molar-refractivity contribution is 5.85. The zero-order chi connectivity index (χ0) is 9.84. The average Bonchev–Trinajstić information content (AvgIpc) is 2.52. The Morgan fingerprint density at radius 3 is 2.85 bits per heavy atom. The molecular formula is C7H13N3O3. The molecule has 0 aromatic heterocycles. The first-order chi connectivity index (χ1) is 6.16. The smallest absolute Gasteiger partial charge is 0.407 e. The van der Waals surface area contributed by atoms with E-state index >= 15 is 0 Å². The summed E-state index contributed by atoms with van der Waals surface area (Å²) in [6.45, 7) is 0.473. The lowest BCUT2D eigenvalue weighted by Crippen LogP contribution is -2.46. The maximum absolute atomic E-state index is 11.3. The zero-order valence-electron chi connectivity index (χ0n) is 7.19. The lowest BCUT2D eigenvalue weighted by Gasteiger charge is -2.19. The van der Waals surface area contributed by atoms with E-state index in [2.05, 4.69) is 5.32 Å². The Bertz CT molecular complexity index is 219. The van der Waals surface area contributed by atoms with Crippen LogP contribution in [0.5, 0.6) is 0 Å². The Kier molecular flexibility index (Phi) is 3.07. The minimum absolute atomic E-state index is 0.0444. The van der Waals surface area contributed by atoms with Crippen LogP contribution in [0.25, 0.3) is 0 Å². The third-order valence-electron chi connectivity index (χ3n) is 2.08. The number of nitrogens with zero attached hydrogens (tertiary/aromatic N) is 1. The van der Waals surface area contributed by atoms with Crippen LogP contribution in [0, 0.1) is 0 Å². The second-order valence-electron chi connectivity index (χ2n) is 2.88. The van der Waals surface area contributed by atoms with Gasteiger partial charge in [0.05, 0.1) is 6.67 Å². The van der Waals surface area contributed by atoms with Gasteiger partial charge < -0.3 is 16.2 Å². The fourth-order valence-electron chi connectivity index (χ4n) is 1.49. The normalized spacial score (nSPS) is 21.6. The predicted molar refractivity (Wildman–Crippen MR) is 44.9 cm³/mol. The second-order valence-corrected chi connectivity index (χ2v) is 2.88. The molecule has 2 amide bonds. The van der Waals surface area contributed by atoms with Gasteiger partial charge in [-0.3, -0.25) is 9.69 Å². The van der Waals surface area contributed by atoms with Crippen LogP contribution < -0.4 is 11.1 Å². The Labute approximate surface area is 75.7 Å². The second kappa shape index (κ2) is 4.08. The van der Waals surface area contributed by atoms with Crippen LogP contribution in [0.3, 0.4) is 0 Å². The Hall–Kier alpha value is -1.30. The van der Waals surface area contributed by atoms with Gasteiger partial charge in [0.1, 0.15) is 6.04 Å². The summed E-state index contributed by atoms with van der Waals surface area (Å²) in [5.41, 5.74) is 5.12. The van der Waals surface area contributed by atoms with Gasteiger partial charge in [-0.2, -0.15) is 0 Å². The van der Waals surface area contributed by atoms with E-state index in [0.717, 1.165) is 11.3 Å². The van der Waals surface area contributed by atoms with Crippen LogP contribution in [-0.2, 0) is 4.79 Å². The predicted octanol–water partition coefficient (Wildman–Crippen LogP) is -0.839. The molecule has 0 spiro atoms. The van der Waals surface area contributed by atoms with Gasteiger partial charge in [0.15, 0.2) is 0 Å². The van der Waals surface area contributed by atoms with E-state index in [1.165, 1.54) is 0 Å². The summed E-state index contributed by atoms with van der Waals surface area (Å²) in [7, 11) is 0. The lowest BCUT2D eigenvalue weighted by molar-refractivity contribution is -0.124. The van der Waals surface area contributed by atoms with Crippen LogP contribution >= 0.6 is 0 Å². The van der Waals surface area contributed by atoms with Crippen molar-refractivity contribution in [3.8, 4) is 0 Å². The molecule has 1 saturated heterocycles. The number of hydrogen-bond acceptors (Lipinski definition) is 3. The fraction of sp³-hybridized carbons (Fsp3) is 0.714. The van der Waals surface area contributed by atoms with Gasteiger partial charge in [-0.15, -0.1) is 0 Å². The van der Waals surface area contributed by atoms with Crippen LogP contribution in [0.1, 0.15) is 12.8 Å². The molecule has 0 bridgehead atoms. The maximum Gasteiger partial charge on any atom is 0.407 e. The van der Waals surface area contributed by atoms with Gasteiger partial charge in [0.2, 0.25) is 5.91 Å². The van der Waals surface area contributed by atoms with Crippen molar-refractivity contribution in [3.05, 3.63) is 0 Å².